The topological polar surface area (TPSA) is 149 Å². The van der Waals surface area contributed by atoms with Crippen molar-refractivity contribution in [3.63, 3.8) is 0 Å². The summed E-state index contributed by atoms with van der Waals surface area (Å²) >= 11 is 0. The number of aliphatic hydroxyl groups is 5. The summed E-state index contributed by atoms with van der Waals surface area (Å²) in [7, 11) is 0. The summed E-state index contributed by atoms with van der Waals surface area (Å²) in [4.78, 5) is 13.2. The van der Waals surface area contributed by atoms with E-state index in [0.29, 0.717) is 12.8 Å². The Hall–Kier alpha value is -1.85. The van der Waals surface area contributed by atoms with E-state index in [1.807, 2.05) is 0 Å². The molecular weight excluding hydrogens is 1020 g/mol. The lowest BCUT2D eigenvalue weighted by Crippen LogP contribution is -2.60. The molecule has 0 saturated carbocycles. The van der Waals surface area contributed by atoms with Crippen molar-refractivity contribution in [3.05, 3.63) is 48.6 Å². The first-order chi connectivity index (χ1) is 40.3. The highest BCUT2D eigenvalue weighted by Gasteiger charge is 2.44. The lowest BCUT2D eigenvalue weighted by atomic mass is 9.99. The van der Waals surface area contributed by atoms with E-state index in [2.05, 4.69) is 67.8 Å². The van der Waals surface area contributed by atoms with Crippen LogP contribution in [0, 0.1) is 0 Å². The Kier molecular flexibility index (Phi) is 59.3. The third kappa shape index (κ3) is 50.3. The van der Waals surface area contributed by atoms with Gasteiger partial charge in [-0.1, -0.05) is 345 Å². The standard InChI is InChI=1S/C73H137NO8/c1-3-5-7-9-11-13-15-17-19-21-23-25-27-29-30-31-32-33-34-35-36-37-38-39-41-43-45-47-49-51-53-55-57-59-61-63-69(77)74-66(65-81-73-72(80)71(79)70(78)68(64-75)82-73)67(76)62-60-58-56-54-52-50-48-46-44-42-40-28-26-24-22-20-18-16-14-12-10-8-6-4-2/h5,7,11,13,17,19,23,25,66-68,70-73,75-76,78-80H,3-4,6,8-10,12,14-16,18,20-22,24,26-65H2,1-2H3,(H,74,77)/b7-5-,13-11-,19-17-,25-23-. The monoisotopic (exact) mass is 1160 g/mol. The van der Waals surface area contributed by atoms with Crippen molar-refractivity contribution in [2.45, 2.75) is 397 Å². The average Bonchev–Trinajstić information content (AvgIpc) is 3.52. The molecule has 1 amide bonds. The third-order valence-electron chi connectivity index (χ3n) is 17.2. The SMILES string of the molecule is CC/C=C\C/C=C\C/C=C\C/C=C\CCCCCCCCCCCCCCCCCCCCCCCCC(=O)NC(COC1OC(CO)C(O)C(O)C1O)C(O)CCCCCCCCCCCCCCCCCCCCCCCCCC. The van der Waals surface area contributed by atoms with Crippen LogP contribution in [0.5, 0.6) is 0 Å². The van der Waals surface area contributed by atoms with E-state index in [0.717, 1.165) is 64.2 Å². The Morgan fingerprint density at radius 1 is 0.427 bits per heavy atom. The highest BCUT2D eigenvalue weighted by molar-refractivity contribution is 5.76. The van der Waals surface area contributed by atoms with E-state index < -0.39 is 49.5 Å². The number of unbranched alkanes of at least 4 members (excludes halogenated alkanes) is 45. The molecule has 0 spiro atoms. The molecule has 1 heterocycles. The van der Waals surface area contributed by atoms with Crippen LogP contribution in [0.25, 0.3) is 0 Å². The minimum Gasteiger partial charge on any atom is -0.394 e. The van der Waals surface area contributed by atoms with Gasteiger partial charge in [0.2, 0.25) is 5.91 Å². The van der Waals surface area contributed by atoms with Gasteiger partial charge in [0, 0.05) is 6.42 Å². The van der Waals surface area contributed by atoms with Crippen molar-refractivity contribution in [2.75, 3.05) is 13.2 Å². The average molecular weight is 1160 g/mol. The van der Waals surface area contributed by atoms with Crippen molar-refractivity contribution >= 4 is 5.91 Å². The van der Waals surface area contributed by atoms with Gasteiger partial charge in [-0.3, -0.25) is 4.79 Å². The summed E-state index contributed by atoms with van der Waals surface area (Å²) in [6.45, 7) is 3.78. The fourth-order valence-electron chi connectivity index (χ4n) is 11.6. The van der Waals surface area contributed by atoms with Crippen molar-refractivity contribution < 1.29 is 39.8 Å². The molecular formula is C73H137NO8. The molecule has 7 atom stereocenters. The largest absolute Gasteiger partial charge is 0.394 e. The number of carbonyl (C=O) groups excluding carboxylic acids is 1. The van der Waals surface area contributed by atoms with Crippen molar-refractivity contribution in [1.82, 2.24) is 5.32 Å². The predicted octanol–water partition coefficient (Wildman–Crippen LogP) is 19.6. The molecule has 0 aliphatic carbocycles. The quantitative estimate of drug-likeness (QED) is 0.0261. The summed E-state index contributed by atoms with van der Waals surface area (Å²) in [6.07, 6.45) is 77.6. The van der Waals surface area contributed by atoms with E-state index >= 15 is 0 Å². The molecule has 1 aliphatic heterocycles. The van der Waals surface area contributed by atoms with Crippen LogP contribution < -0.4 is 5.32 Å². The first-order valence-corrected chi connectivity index (χ1v) is 35.8. The van der Waals surface area contributed by atoms with Gasteiger partial charge in [-0.25, -0.2) is 0 Å². The second-order valence-electron chi connectivity index (χ2n) is 25.0. The molecule has 9 heteroatoms. The molecule has 0 radical (unpaired) electrons. The van der Waals surface area contributed by atoms with Crippen LogP contribution >= 0.6 is 0 Å². The Labute approximate surface area is 507 Å². The zero-order valence-corrected chi connectivity index (χ0v) is 54.0. The molecule has 1 aliphatic rings. The van der Waals surface area contributed by atoms with E-state index in [4.69, 9.17) is 9.47 Å². The summed E-state index contributed by atoms with van der Waals surface area (Å²) in [5.74, 6) is -0.137. The molecule has 1 fully saturated rings. The maximum atomic E-state index is 13.2. The summed E-state index contributed by atoms with van der Waals surface area (Å²) in [5, 5.41) is 55.0. The number of nitrogens with one attached hydrogen (secondary N) is 1. The number of ether oxygens (including phenoxy) is 2. The number of amides is 1. The van der Waals surface area contributed by atoms with Gasteiger partial charge < -0.3 is 40.3 Å². The molecule has 6 N–H and O–H groups in total. The minimum atomic E-state index is -1.55. The van der Waals surface area contributed by atoms with Crippen molar-refractivity contribution in [1.29, 1.82) is 0 Å². The zero-order valence-electron chi connectivity index (χ0n) is 54.0. The smallest absolute Gasteiger partial charge is 0.220 e. The second kappa shape index (κ2) is 62.2. The first kappa shape index (κ1) is 78.2. The van der Waals surface area contributed by atoms with Crippen LogP contribution in [0.2, 0.25) is 0 Å². The van der Waals surface area contributed by atoms with E-state index in [9.17, 15) is 30.3 Å². The first-order valence-electron chi connectivity index (χ1n) is 35.8. The summed E-state index contributed by atoms with van der Waals surface area (Å²) in [5.41, 5.74) is 0. The minimum absolute atomic E-state index is 0.134. The van der Waals surface area contributed by atoms with Crippen LogP contribution in [0.1, 0.15) is 354 Å². The normalized spacial score (nSPS) is 18.5. The van der Waals surface area contributed by atoms with Gasteiger partial charge in [-0.05, 0) is 51.4 Å². The highest BCUT2D eigenvalue weighted by atomic mass is 16.7. The highest BCUT2D eigenvalue weighted by Crippen LogP contribution is 2.24. The summed E-state index contributed by atoms with van der Waals surface area (Å²) in [6, 6.07) is -0.719. The third-order valence-corrected chi connectivity index (χ3v) is 17.2. The lowest BCUT2D eigenvalue weighted by molar-refractivity contribution is -0.302. The number of aliphatic hydroxyl groups excluding tert-OH is 5. The van der Waals surface area contributed by atoms with Crippen LogP contribution in [-0.4, -0.2) is 87.5 Å². The van der Waals surface area contributed by atoms with Crippen LogP contribution in [0.15, 0.2) is 48.6 Å². The maximum absolute atomic E-state index is 13.2. The number of rotatable bonds is 63. The van der Waals surface area contributed by atoms with E-state index in [1.54, 1.807) is 0 Å². The molecule has 0 aromatic heterocycles. The molecule has 0 aromatic rings. The number of hydrogen-bond acceptors (Lipinski definition) is 8. The summed E-state index contributed by atoms with van der Waals surface area (Å²) < 4.78 is 11.4. The molecule has 0 aromatic carbocycles. The molecule has 0 bridgehead atoms. The predicted molar refractivity (Wildman–Crippen MR) is 350 cm³/mol. The number of carbonyl (C=O) groups is 1. The fourth-order valence-corrected chi connectivity index (χ4v) is 11.6. The van der Waals surface area contributed by atoms with Gasteiger partial charge in [0.05, 0.1) is 25.4 Å². The molecule has 82 heavy (non-hydrogen) atoms. The maximum Gasteiger partial charge on any atom is 0.220 e. The van der Waals surface area contributed by atoms with E-state index in [-0.39, 0.29) is 12.5 Å². The molecule has 9 nitrogen and oxygen atoms in total. The molecule has 1 saturated heterocycles. The van der Waals surface area contributed by atoms with Gasteiger partial charge in [0.25, 0.3) is 0 Å². The molecule has 1 rings (SSSR count). The Bertz CT molecular complexity index is 1430. The lowest BCUT2D eigenvalue weighted by Gasteiger charge is -2.40. The van der Waals surface area contributed by atoms with Gasteiger partial charge >= 0.3 is 0 Å². The Balaban J connectivity index is 2.08. The number of allylic oxidation sites excluding steroid dienone is 8. The van der Waals surface area contributed by atoms with Gasteiger partial charge in [0.15, 0.2) is 6.29 Å². The van der Waals surface area contributed by atoms with Crippen molar-refractivity contribution in [2.24, 2.45) is 0 Å². The number of hydrogen-bond donors (Lipinski definition) is 6. The Morgan fingerprint density at radius 2 is 0.756 bits per heavy atom. The van der Waals surface area contributed by atoms with Crippen LogP contribution in [0.4, 0.5) is 0 Å². The van der Waals surface area contributed by atoms with Crippen LogP contribution in [-0.2, 0) is 14.3 Å². The van der Waals surface area contributed by atoms with Crippen LogP contribution in [0.3, 0.4) is 0 Å². The van der Waals surface area contributed by atoms with Gasteiger partial charge in [-0.15, -0.1) is 0 Å². The van der Waals surface area contributed by atoms with Gasteiger partial charge in [0.1, 0.15) is 24.4 Å². The Morgan fingerprint density at radius 3 is 1.12 bits per heavy atom. The zero-order chi connectivity index (χ0) is 59.3. The molecule has 482 valence electrons. The van der Waals surface area contributed by atoms with E-state index in [1.165, 1.54) is 263 Å². The van der Waals surface area contributed by atoms with Gasteiger partial charge in [-0.2, -0.15) is 0 Å². The fraction of sp³-hybridized carbons (Fsp3) is 0.877. The molecule has 7 unspecified atom stereocenters. The second-order valence-corrected chi connectivity index (χ2v) is 25.0. The van der Waals surface area contributed by atoms with Crippen molar-refractivity contribution in [3.8, 4) is 0 Å².